The molecule has 1 atom stereocenters. The number of rotatable bonds is 6. The van der Waals surface area contributed by atoms with E-state index in [4.69, 9.17) is 14.2 Å². The van der Waals surface area contributed by atoms with Crippen LogP contribution in [0.3, 0.4) is 0 Å². The van der Waals surface area contributed by atoms with Gasteiger partial charge in [-0.15, -0.1) is 0 Å². The third kappa shape index (κ3) is 3.84. The van der Waals surface area contributed by atoms with Gasteiger partial charge in [0, 0.05) is 23.9 Å². The van der Waals surface area contributed by atoms with Gasteiger partial charge in [-0.05, 0) is 17.3 Å². The summed E-state index contributed by atoms with van der Waals surface area (Å²) in [7, 11) is 0. The van der Waals surface area contributed by atoms with Crippen molar-refractivity contribution >= 4 is 23.7 Å². The predicted molar refractivity (Wildman–Crippen MR) is 108 cm³/mol. The van der Waals surface area contributed by atoms with Gasteiger partial charge in [0.05, 0.1) is 24.3 Å². The zero-order chi connectivity index (χ0) is 23.8. The summed E-state index contributed by atoms with van der Waals surface area (Å²) in [6, 6.07) is 4.82. The van der Waals surface area contributed by atoms with Crippen LogP contribution in [0.15, 0.2) is 41.2 Å². The highest BCUT2D eigenvalue weighted by molar-refractivity contribution is 5.91. The molecule has 1 unspecified atom stereocenters. The highest BCUT2D eigenvalue weighted by atomic mass is 19.2. The Labute approximate surface area is 189 Å². The van der Waals surface area contributed by atoms with E-state index in [2.05, 4.69) is 14.7 Å². The van der Waals surface area contributed by atoms with Crippen molar-refractivity contribution in [2.75, 3.05) is 36.1 Å². The Bertz CT molecular complexity index is 1240. The average molecular weight is 476 g/mol. The second-order valence-corrected chi connectivity index (χ2v) is 7.32. The number of benzene rings is 1. The molecule has 2 saturated heterocycles. The topological polar surface area (TPSA) is 107 Å². The van der Waals surface area contributed by atoms with E-state index in [1.54, 1.807) is 0 Å². The van der Waals surface area contributed by atoms with E-state index in [1.165, 1.54) is 29.4 Å². The van der Waals surface area contributed by atoms with Crippen molar-refractivity contribution in [2.45, 2.75) is 6.10 Å². The molecule has 3 aromatic rings. The number of carbonyl (C=O) groups excluding carboxylic acids is 2. The summed E-state index contributed by atoms with van der Waals surface area (Å²) in [5.41, 5.74) is -1.33. The minimum Gasteiger partial charge on any atom is -0.471 e. The lowest BCUT2D eigenvalue weighted by molar-refractivity contribution is 0.101. The summed E-state index contributed by atoms with van der Waals surface area (Å²) < 4.78 is 64.6. The molecular weight excluding hydrogens is 461 g/mol. The minimum absolute atomic E-state index is 0.0559. The third-order valence-corrected chi connectivity index (χ3v) is 5.21. The number of carbonyl (C=O) groups is 2. The molecule has 13 heteroatoms. The number of hydrogen-bond acceptors (Lipinski definition) is 8. The van der Waals surface area contributed by atoms with Crippen LogP contribution in [0.5, 0.6) is 5.88 Å². The van der Waals surface area contributed by atoms with Crippen molar-refractivity contribution in [3.63, 3.8) is 0 Å². The van der Waals surface area contributed by atoms with Gasteiger partial charge >= 0.3 is 12.2 Å². The number of cyclic esters (lactones) is 2. The van der Waals surface area contributed by atoms with Gasteiger partial charge in [0.15, 0.2) is 17.7 Å². The molecule has 4 heterocycles. The number of nitrogens with zero attached hydrogens (tertiary/aromatic N) is 4. The van der Waals surface area contributed by atoms with Gasteiger partial charge in [-0.25, -0.2) is 27.7 Å². The third-order valence-electron chi connectivity index (χ3n) is 5.21. The molecule has 0 spiro atoms. The Morgan fingerprint density at radius 1 is 1.09 bits per heavy atom. The first-order valence-corrected chi connectivity index (χ1v) is 10.0. The van der Waals surface area contributed by atoms with Crippen LogP contribution >= 0.6 is 0 Å². The maximum atomic E-state index is 14.9. The summed E-state index contributed by atoms with van der Waals surface area (Å²) in [6.45, 7) is 0.161. The minimum atomic E-state index is -1.50. The van der Waals surface area contributed by atoms with Crippen molar-refractivity contribution < 1.29 is 41.5 Å². The number of anilines is 2. The number of halogens is 3. The monoisotopic (exact) mass is 476 g/mol. The second kappa shape index (κ2) is 8.57. The van der Waals surface area contributed by atoms with E-state index in [9.17, 15) is 22.8 Å². The lowest BCUT2D eigenvalue weighted by atomic mass is 10.0. The molecule has 0 bridgehead atoms. The highest BCUT2D eigenvalue weighted by Gasteiger charge is 2.36. The SMILES string of the molecule is O=C1OCCN1c1ccc(-c2c(F)cc(N3CC(COc4ccon4)OC3=O)c(F)c2F)cn1. The largest absolute Gasteiger partial charge is 0.471 e. The summed E-state index contributed by atoms with van der Waals surface area (Å²) in [4.78, 5) is 29.9. The number of pyridine rings is 1. The zero-order valence-electron chi connectivity index (χ0n) is 17.2. The Morgan fingerprint density at radius 3 is 2.62 bits per heavy atom. The smallest absolute Gasteiger partial charge is 0.415 e. The van der Waals surface area contributed by atoms with Gasteiger partial charge in [-0.3, -0.25) is 9.80 Å². The summed E-state index contributed by atoms with van der Waals surface area (Å²) in [5, 5.41) is 3.54. The Balaban J connectivity index is 1.37. The van der Waals surface area contributed by atoms with E-state index in [0.717, 1.165) is 11.1 Å². The molecule has 5 rings (SSSR count). The van der Waals surface area contributed by atoms with E-state index in [0.29, 0.717) is 6.07 Å². The standard InChI is InChI=1S/C21H15F3N4O6/c22-13-7-14(28-9-12(34-21(28)30)10-32-16-3-5-33-26-16)18(23)19(24)17(13)11-1-2-15(25-8-11)27-4-6-31-20(27)29/h1-3,5,7-8,12H,4,6,9-10H2. The Morgan fingerprint density at radius 2 is 1.94 bits per heavy atom. The maximum Gasteiger partial charge on any atom is 0.415 e. The van der Waals surface area contributed by atoms with Gasteiger partial charge in [-0.1, -0.05) is 0 Å². The van der Waals surface area contributed by atoms with Crippen LogP contribution in [-0.4, -0.2) is 54.7 Å². The highest BCUT2D eigenvalue weighted by Crippen LogP contribution is 2.35. The molecule has 2 fully saturated rings. The van der Waals surface area contributed by atoms with Crippen molar-refractivity contribution in [3.8, 4) is 17.0 Å². The van der Waals surface area contributed by atoms with Gasteiger partial charge in [0.25, 0.3) is 5.88 Å². The first kappa shape index (κ1) is 21.6. The summed E-state index contributed by atoms with van der Waals surface area (Å²) in [5.74, 6) is -3.66. The number of ether oxygens (including phenoxy) is 3. The molecular formula is C21H15F3N4O6. The molecule has 0 aliphatic carbocycles. The fourth-order valence-electron chi connectivity index (χ4n) is 3.60. The van der Waals surface area contributed by atoms with Gasteiger partial charge in [-0.2, -0.15) is 0 Å². The van der Waals surface area contributed by atoms with Crippen LogP contribution in [0, 0.1) is 17.5 Å². The van der Waals surface area contributed by atoms with Crippen LogP contribution in [0.2, 0.25) is 0 Å². The van der Waals surface area contributed by atoms with Crippen molar-refractivity contribution in [2.24, 2.45) is 0 Å². The van der Waals surface area contributed by atoms with Crippen LogP contribution in [0.4, 0.5) is 34.3 Å². The molecule has 34 heavy (non-hydrogen) atoms. The number of hydrogen-bond donors (Lipinski definition) is 0. The number of aromatic nitrogens is 2. The van der Waals surface area contributed by atoms with Gasteiger partial charge in [0.1, 0.15) is 31.1 Å². The van der Waals surface area contributed by atoms with Gasteiger partial charge < -0.3 is 18.7 Å². The molecule has 176 valence electrons. The van der Waals surface area contributed by atoms with Crippen LogP contribution in [0.25, 0.3) is 11.1 Å². The van der Waals surface area contributed by atoms with E-state index < -0.39 is 47.0 Å². The maximum absolute atomic E-state index is 14.9. The predicted octanol–water partition coefficient (Wildman–Crippen LogP) is 3.51. The van der Waals surface area contributed by atoms with Gasteiger partial charge in [0.2, 0.25) is 0 Å². The van der Waals surface area contributed by atoms with Crippen LogP contribution < -0.4 is 14.5 Å². The van der Waals surface area contributed by atoms with E-state index >= 15 is 0 Å². The Hall–Kier alpha value is -4.29. The Kier molecular flexibility index (Phi) is 5.43. The molecule has 2 amide bonds. The zero-order valence-corrected chi connectivity index (χ0v) is 17.2. The fourth-order valence-corrected chi connectivity index (χ4v) is 3.60. The molecule has 0 radical (unpaired) electrons. The summed E-state index contributed by atoms with van der Waals surface area (Å²) >= 11 is 0. The van der Waals surface area contributed by atoms with Crippen molar-refractivity contribution in [1.29, 1.82) is 0 Å². The molecule has 2 aromatic heterocycles. The first-order chi connectivity index (χ1) is 16.4. The van der Waals surface area contributed by atoms with Crippen LogP contribution in [0.1, 0.15) is 0 Å². The fraction of sp³-hybridized carbons (Fsp3) is 0.238. The second-order valence-electron chi connectivity index (χ2n) is 7.32. The lowest BCUT2D eigenvalue weighted by Crippen LogP contribution is -2.28. The summed E-state index contributed by atoms with van der Waals surface area (Å²) in [6.07, 6.45) is -0.00158. The van der Waals surface area contributed by atoms with E-state index in [1.807, 2.05) is 0 Å². The molecule has 2 aliphatic heterocycles. The molecule has 1 aromatic carbocycles. The first-order valence-electron chi connectivity index (χ1n) is 10.0. The molecule has 0 saturated carbocycles. The normalized spacial score (nSPS) is 17.8. The quantitative estimate of drug-likeness (QED) is 0.498. The molecule has 2 aliphatic rings. The van der Waals surface area contributed by atoms with Crippen molar-refractivity contribution in [3.05, 3.63) is 54.2 Å². The molecule has 10 nitrogen and oxygen atoms in total. The number of amides is 2. The van der Waals surface area contributed by atoms with Crippen molar-refractivity contribution in [1.82, 2.24) is 10.1 Å². The van der Waals surface area contributed by atoms with Crippen LogP contribution in [-0.2, 0) is 9.47 Å². The van der Waals surface area contributed by atoms with E-state index in [-0.39, 0.29) is 43.6 Å². The average Bonchev–Trinajstić information content (AvgIpc) is 3.57. The molecule has 0 N–H and O–H groups in total. The lowest BCUT2D eigenvalue weighted by Gasteiger charge is -2.17.